The van der Waals surface area contributed by atoms with E-state index in [2.05, 4.69) is 5.32 Å². The topological polar surface area (TPSA) is 72.2 Å². The van der Waals surface area contributed by atoms with Crippen molar-refractivity contribution in [2.24, 2.45) is 0 Å². The van der Waals surface area contributed by atoms with Crippen LogP contribution in [0.5, 0.6) is 0 Å². The Kier molecular flexibility index (Phi) is 4.58. The van der Waals surface area contributed by atoms with E-state index in [0.29, 0.717) is 12.8 Å². The predicted octanol–water partition coefficient (Wildman–Crippen LogP) is 3.04. The van der Waals surface area contributed by atoms with Gasteiger partial charge in [-0.2, -0.15) is 0 Å². The molecule has 19 heavy (non-hydrogen) atoms. The number of nitrogens with one attached hydrogen (secondary N) is 1. The summed E-state index contributed by atoms with van der Waals surface area (Å²) >= 11 is 0. The summed E-state index contributed by atoms with van der Waals surface area (Å²) in [6.07, 6.45) is 1.36. The molecule has 1 aromatic carbocycles. The number of halogens is 1. The number of nitrogens with zero attached hydrogens (tertiary/aromatic N) is 1. The first kappa shape index (κ1) is 15.1. The second kappa shape index (κ2) is 5.77. The Morgan fingerprint density at radius 1 is 1.42 bits per heavy atom. The zero-order valence-corrected chi connectivity index (χ0v) is 11.2. The van der Waals surface area contributed by atoms with Crippen LogP contribution in [0.3, 0.4) is 0 Å². The lowest BCUT2D eigenvalue weighted by atomic mass is 9.95. The van der Waals surface area contributed by atoms with Gasteiger partial charge in [0.15, 0.2) is 0 Å². The third-order valence-corrected chi connectivity index (χ3v) is 3.38. The first-order valence-corrected chi connectivity index (χ1v) is 6.09. The molecule has 0 bridgehead atoms. The second-order valence-electron chi connectivity index (χ2n) is 4.64. The van der Waals surface area contributed by atoms with Crippen LogP contribution in [0.4, 0.5) is 10.1 Å². The van der Waals surface area contributed by atoms with Gasteiger partial charge in [0.2, 0.25) is 0 Å². The first-order valence-electron chi connectivity index (χ1n) is 6.09. The number of nitro benzene ring substituents is 1. The highest BCUT2D eigenvalue weighted by molar-refractivity contribution is 5.98. The smallest absolute Gasteiger partial charge is 0.282 e. The molecule has 0 heterocycles. The number of carbonyl (C=O) groups excluding carboxylic acids is 1. The van der Waals surface area contributed by atoms with Crippen molar-refractivity contribution in [2.45, 2.75) is 39.2 Å². The number of nitro groups is 1. The Bertz CT molecular complexity index is 499. The van der Waals surface area contributed by atoms with Crippen molar-refractivity contribution < 1.29 is 14.1 Å². The van der Waals surface area contributed by atoms with Gasteiger partial charge in [-0.25, -0.2) is 4.39 Å². The van der Waals surface area contributed by atoms with E-state index in [1.165, 1.54) is 0 Å². The van der Waals surface area contributed by atoms with E-state index >= 15 is 0 Å². The second-order valence-corrected chi connectivity index (χ2v) is 4.64. The summed E-state index contributed by atoms with van der Waals surface area (Å²) in [5.41, 5.74) is -1.11. The summed E-state index contributed by atoms with van der Waals surface area (Å²) in [6, 6.07) is 2.85. The Balaban J connectivity index is 3.12. The molecule has 1 aromatic rings. The SMILES string of the molecule is CCC(C)(CC)NC(=O)c1cc(F)ccc1[N+](=O)[O-]. The molecule has 1 N–H and O–H groups in total. The highest BCUT2D eigenvalue weighted by Crippen LogP contribution is 2.21. The Morgan fingerprint density at radius 2 is 2.00 bits per heavy atom. The summed E-state index contributed by atoms with van der Waals surface area (Å²) < 4.78 is 13.2. The molecule has 1 rings (SSSR count). The maximum atomic E-state index is 13.2. The van der Waals surface area contributed by atoms with Crippen LogP contribution in [-0.4, -0.2) is 16.4 Å². The molecule has 0 aliphatic rings. The maximum absolute atomic E-state index is 13.2. The van der Waals surface area contributed by atoms with Crippen molar-refractivity contribution in [1.29, 1.82) is 0 Å². The maximum Gasteiger partial charge on any atom is 0.282 e. The molecule has 0 aliphatic carbocycles. The molecule has 0 spiro atoms. The normalized spacial score (nSPS) is 11.2. The summed E-state index contributed by atoms with van der Waals surface area (Å²) in [5, 5.41) is 13.6. The lowest BCUT2D eigenvalue weighted by Crippen LogP contribution is -2.45. The summed E-state index contributed by atoms with van der Waals surface area (Å²) in [6.45, 7) is 5.66. The van der Waals surface area contributed by atoms with E-state index in [4.69, 9.17) is 0 Å². The number of hydrogen-bond donors (Lipinski definition) is 1. The molecular formula is C13H17FN2O3. The zero-order chi connectivity index (χ0) is 14.6. The molecule has 0 unspecified atom stereocenters. The fraction of sp³-hybridized carbons (Fsp3) is 0.462. The van der Waals surface area contributed by atoms with E-state index in [-0.39, 0.29) is 5.56 Å². The molecule has 6 heteroatoms. The van der Waals surface area contributed by atoms with Crippen molar-refractivity contribution in [3.8, 4) is 0 Å². The van der Waals surface area contributed by atoms with Crippen LogP contribution in [0, 0.1) is 15.9 Å². The van der Waals surface area contributed by atoms with Crippen molar-refractivity contribution in [3.05, 3.63) is 39.7 Å². The minimum atomic E-state index is -0.691. The van der Waals surface area contributed by atoms with Gasteiger partial charge in [0.1, 0.15) is 11.4 Å². The Labute approximate surface area is 111 Å². The van der Waals surface area contributed by atoms with E-state index in [1.807, 2.05) is 20.8 Å². The molecule has 0 saturated heterocycles. The highest BCUT2D eigenvalue weighted by Gasteiger charge is 2.27. The number of hydrogen-bond acceptors (Lipinski definition) is 3. The van der Waals surface area contributed by atoms with Gasteiger partial charge < -0.3 is 5.32 Å². The van der Waals surface area contributed by atoms with E-state index in [1.54, 1.807) is 0 Å². The van der Waals surface area contributed by atoms with Crippen LogP contribution in [0.15, 0.2) is 18.2 Å². The molecule has 104 valence electrons. The average Bonchev–Trinajstić information content (AvgIpc) is 2.38. The molecule has 5 nitrogen and oxygen atoms in total. The highest BCUT2D eigenvalue weighted by atomic mass is 19.1. The molecular weight excluding hydrogens is 251 g/mol. The quantitative estimate of drug-likeness (QED) is 0.659. The number of carbonyl (C=O) groups is 1. The fourth-order valence-corrected chi connectivity index (χ4v) is 1.62. The van der Waals surface area contributed by atoms with Gasteiger partial charge in [-0.1, -0.05) is 13.8 Å². The lowest BCUT2D eigenvalue weighted by Gasteiger charge is -2.28. The molecule has 0 radical (unpaired) electrons. The van der Waals surface area contributed by atoms with Crippen LogP contribution in [-0.2, 0) is 0 Å². The predicted molar refractivity (Wildman–Crippen MR) is 69.5 cm³/mol. The minimum absolute atomic E-state index is 0.252. The Hall–Kier alpha value is -1.98. The van der Waals surface area contributed by atoms with Crippen LogP contribution in [0.1, 0.15) is 44.0 Å². The van der Waals surface area contributed by atoms with Crippen LogP contribution in [0.25, 0.3) is 0 Å². The molecule has 0 aromatic heterocycles. The van der Waals surface area contributed by atoms with Crippen molar-refractivity contribution >= 4 is 11.6 Å². The van der Waals surface area contributed by atoms with Crippen LogP contribution >= 0.6 is 0 Å². The summed E-state index contributed by atoms with van der Waals surface area (Å²) in [7, 11) is 0. The molecule has 0 atom stereocenters. The zero-order valence-electron chi connectivity index (χ0n) is 11.2. The van der Waals surface area contributed by atoms with Crippen LogP contribution < -0.4 is 5.32 Å². The fourth-order valence-electron chi connectivity index (χ4n) is 1.62. The van der Waals surface area contributed by atoms with Crippen molar-refractivity contribution in [3.63, 3.8) is 0 Å². The van der Waals surface area contributed by atoms with Gasteiger partial charge in [-0.3, -0.25) is 14.9 Å². The third-order valence-electron chi connectivity index (χ3n) is 3.38. The van der Waals surface area contributed by atoms with Gasteiger partial charge >= 0.3 is 0 Å². The monoisotopic (exact) mass is 268 g/mol. The number of amides is 1. The summed E-state index contributed by atoms with van der Waals surface area (Å²) in [4.78, 5) is 22.2. The largest absolute Gasteiger partial charge is 0.347 e. The molecule has 0 saturated carbocycles. The molecule has 1 amide bonds. The third kappa shape index (κ3) is 3.49. The molecule has 0 aliphatic heterocycles. The van der Waals surface area contributed by atoms with Crippen molar-refractivity contribution in [2.75, 3.05) is 0 Å². The van der Waals surface area contributed by atoms with Crippen molar-refractivity contribution in [1.82, 2.24) is 5.32 Å². The van der Waals surface area contributed by atoms with Crippen LogP contribution in [0.2, 0.25) is 0 Å². The molecule has 0 fully saturated rings. The van der Waals surface area contributed by atoms with Gasteiger partial charge in [0, 0.05) is 11.6 Å². The standard InChI is InChI=1S/C13H17FN2O3/c1-4-13(3,5-2)15-12(17)10-8-9(14)6-7-11(10)16(18)19/h6-8H,4-5H2,1-3H3,(H,15,17). The van der Waals surface area contributed by atoms with Gasteiger partial charge in [-0.05, 0) is 31.9 Å². The van der Waals surface area contributed by atoms with Gasteiger partial charge in [0.05, 0.1) is 4.92 Å². The van der Waals surface area contributed by atoms with E-state index in [9.17, 15) is 19.3 Å². The minimum Gasteiger partial charge on any atom is -0.347 e. The number of benzene rings is 1. The van der Waals surface area contributed by atoms with Gasteiger partial charge in [-0.15, -0.1) is 0 Å². The van der Waals surface area contributed by atoms with E-state index < -0.39 is 27.9 Å². The summed E-state index contributed by atoms with van der Waals surface area (Å²) in [5.74, 6) is -1.30. The average molecular weight is 268 g/mol. The first-order chi connectivity index (χ1) is 8.83. The van der Waals surface area contributed by atoms with E-state index in [0.717, 1.165) is 18.2 Å². The number of rotatable bonds is 5. The Morgan fingerprint density at radius 3 is 2.47 bits per heavy atom. The van der Waals surface area contributed by atoms with Gasteiger partial charge in [0.25, 0.3) is 11.6 Å². The lowest BCUT2D eigenvalue weighted by molar-refractivity contribution is -0.385.